The molecule has 0 unspecified atom stereocenters. The Morgan fingerprint density at radius 3 is 2.40 bits per heavy atom. The first-order chi connectivity index (χ1) is 12.0. The monoisotopic (exact) mass is 337 g/mol. The third-order valence-electron chi connectivity index (χ3n) is 4.79. The third-order valence-corrected chi connectivity index (χ3v) is 4.79. The first-order valence-electron chi connectivity index (χ1n) is 8.77. The predicted molar refractivity (Wildman–Crippen MR) is 97.8 cm³/mol. The average Bonchev–Trinajstić information content (AvgIpc) is 2.84. The van der Waals surface area contributed by atoms with Crippen LogP contribution in [0.25, 0.3) is 0 Å². The molecule has 3 rings (SSSR count). The highest BCUT2D eigenvalue weighted by atomic mass is 16.3. The minimum absolute atomic E-state index is 0.230. The average molecular weight is 337 g/mol. The van der Waals surface area contributed by atoms with Crippen LogP contribution in [0, 0.1) is 0 Å². The van der Waals surface area contributed by atoms with Gasteiger partial charge in [-0.05, 0) is 24.5 Å². The molecule has 0 radical (unpaired) electrons. The van der Waals surface area contributed by atoms with E-state index >= 15 is 0 Å². The van der Waals surface area contributed by atoms with Crippen molar-refractivity contribution in [3.8, 4) is 0 Å². The summed E-state index contributed by atoms with van der Waals surface area (Å²) >= 11 is 0. The van der Waals surface area contributed by atoms with Crippen molar-refractivity contribution in [2.75, 3.05) is 11.4 Å². The number of Topliss-reactive ketones (excluding diaryl/α,β-unsaturated/α-hetero) is 1. The van der Waals surface area contributed by atoms with Crippen LogP contribution < -0.4 is 4.90 Å². The number of aryl methyl sites for hydroxylation is 1. The van der Waals surface area contributed by atoms with E-state index in [1.807, 2.05) is 31.2 Å². The fraction of sp³-hybridized carbons (Fsp3) is 0.333. The molecule has 2 aromatic carbocycles. The summed E-state index contributed by atoms with van der Waals surface area (Å²) in [6.45, 7) is 4.56. The molecule has 4 nitrogen and oxygen atoms in total. The smallest absolute Gasteiger partial charge is 0.264 e. The quantitative estimate of drug-likeness (QED) is 0.821. The molecule has 0 saturated heterocycles. The van der Waals surface area contributed by atoms with Crippen LogP contribution in [0.4, 0.5) is 5.69 Å². The molecule has 130 valence electrons. The largest absolute Gasteiger partial charge is 0.375 e. The van der Waals surface area contributed by atoms with Crippen molar-refractivity contribution < 1.29 is 14.7 Å². The molecule has 2 aromatic rings. The molecular formula is C21H23NO3. The number of ketones is 1. The molecule has 1 heterocycles. The summed E-state index contributed by atoms with van der Waals surface area (Å²) in [6, 6.07) is 14.5. The number of amides is 1. The Kier molecular flexibility index (Phi) is 4.73. The number of benzene rings is 2. The van der Waals surface area contributed by atoms with E-state index in [-0.39, 0.29) is 12.2 Å². The van der Waals surface area contributed by atoms with Crippen molar-refractivity contribution in [2.45, 2.75) is 38.7 Å². The van der Waals surface area contributed by atoms with Crippen LogP contribution in [0.1, 0.15) is 48.2 Å². The van der Waals surface area contributed by atoms with Crippen molar-refractivity contribution in [2.24, 2.45) is 0 Å². The second-order valence-corrected chi connectivity index (χ2v) is 6.48. The van der Waals surface area contributed by atoms with Crippen molar-refractivity contribution in [3.63, 3.8) is 0 Å². The number of carbonyl (C=O) groups excluding carboxylic acids is 2. The lowest BCUT2D eigenvalue weighted by Gasteiger charge is -2.22. The summed E-state index contributed by atoms with van der Waals surface area (Å²) in [5.74, 6) is -0.638. The van der Waals surface area contributed by atoms with Crippen molar-refractivity contribution in [3.05, 3.63) is 65.2 Å². The van der Waals surface area contributed by atoms with Gasteiger partial charge in [-0.2, -0.15) is 0 Å². The number of rotatable bonds is 6. The van der Waals surface area contributed by atoms with Crippen molar-refractivity contribution in [1.29, 1.82) is 0 Å². The lowest BCUT2D eigenvalue weighted by molar-refractivity contribution is -0.135. The SMILES string of the molecule is CCCN1C(=O)[C@](O)(CC(=O)c2ccc(CC)cc2)c2ccccc21. The number of nitrogens with zero attached hydrogens (tertiary/aromatic N) is 1. The first kappa shape index (κ1) is 17.4. The van der Waals surface area contributed by atoms with Crippen molar-refractivity contribution in [1.82, 2.24) is 0 Å². The van der Waals surface area contributed by atoms with Gasteiger partial charge in [-0.3, -0.25) is 9.59 Å². The predicted octanol–water partition coefficient (Wildman–Crippen LogP) is 3.47. The Labute approximate surface area is 148 Å². The molecule has 1 aliphatic rings. The summed E-state index contributed by atoms with van der Waals surface area (Å²) in [5, 5.41) is 11.1. The van der Waals surface area contributed by atoms with Crippen LogP contribution in [0.3, 0.4) is 0 Å². The summed E-state index contributed by atoms with van der Waals surface area (Å²) in [4.78, 5) is 27.1. The minimum Gasteiger partial charge on any atom is -0.375 e. The second kappa shape index (κ2) is 6.81. The fourth-order valence-electron chi connectivity index (χ4n) is 3.38. The zero-order chi connectivity index (χ0) is 18.0. The zero-order valence-corrected chi connectivity index (χ0v) is 14.7. The molecule has 0 saturated carbocycles. The lowest BCUT2D eigenvalue weighted by Crippen LogP contribution is -2.42. The Hall–Kier alpha value is -2.46. The first-order valence-corrected chi connectivity index (χ1v) is 8.77. The number of hydrogen-bond donors (Lipinski definition) is 1. The highest BCUT2D eigenvalue weighted by molar-refractivity contribution is 6.10. The number of anilines is 1. The Morgan fingerprint density at radius 1 is 1.08 bits per heavy atom. The van der Waals surface area contributed by atoms with Crippen LogP contribution >= 0.6 is 0 Å². The minimum atomic E-state index is -1.79. The van der Waals surface area contributed by atoms with Gasteiger partial charge in [0.15, 0.2) is 11.4 Å². The van der Waals surface area contributed by atoms with Gasteiger partial charge in [-0.15, -0.1) is 0 Å². The van der Waals surface area contributed by atoms with Crippen LogP contribution in [-0.2, 0) is 16.8 Å². The summed E-state index contributed by atoms with van der Waals surface area (Å²) in [6.07, 6.45) is 1.44. The number of carbonyl (C=O) groups is 2. The highest BCUT2D eigenvalue weighted by Gasteiger charge is 2.50. The van der Waals surface area contributed by atoms with E-state index in [2.05, 4.69) is 6.92 Å². The summed E-state index contributed by atoms with van der Waals surface area (Å²) in [5.41, 5.74) is 1.10. The molecule has 0 bridgehead atoms. The van der Waals surface area contributed by atoms with E-state index in [0.29, 0.717) is 23.4 Å². The van der Waals surface area contributed by atoms with Gasteiger partial charge < -0.3 is 10.0 Å². The van der Waals surface area contributed by atoms with Gasteiger partial charge in [0.05, 0.1) is 12.1 Å². The van der Waals surface area contributed by atoms with E-state index in [0.717, 1.165) is 18.4 Å². The Bertz CT molecular complexity index is 797. The molecular weight excluding hydrogens is 314 g/mol. The Balaban J connectivity index is 1.92. The number of fused-ring (bicyclic) bond motifs is 1. The maximum absolute atomic E-state index is 12.9. The molecule has 0 aliphatic carbocycles. The van der Waals surface area contributed by atoms with Gasteiger partial charge in [-0.1, -0.05) is 56.3 Å². The normalized spacial score (nSPS) is 19.2. The second-order valence-electron chi connectivity index (χ2n) is 6.48. The Morgan fingerprint density at radius 2 is 1.76 bits per heavy atom. The third kappa shape index (κ3) is 2.98. The molecule has 1 amide bonds. The summed E-state index contributed by atoms with van der Waals surface area (Å²) in [7, 11) is 0. The molecule has 0 spiro atoms. The van der Waals surface area contributed by atoms with E-state index in [9.17, 15) is 14.7 Å². The number of aliphatic hydroxyl groups is 1. The van der Waals surface area contributed by atoms with E-state index in [1.54, 1.807) is 29.2 Å². The van der Waals surface area contributed by atoms with Gasteiger partial charge in [0.2, 0.25) is 0 Å². The molecule has 4 heteroatoms. The van der Waals surface area contributed by atoms with E-state index in [4.69, 9.17) is 0 Å². The molecule has 1 aliphatic heterocycles. The summed E-state index contributed by atoms with van der Waals surface area (Å²) < 4.78 is 0. The van der Waals surface area contributed by atoms with Gasteiger partial charge in [0.1, 0.15) is 0 Å². The van der Waals surface area contributed by atoms with Gasteiger partial charge in [0, 0.05) is 17.7 Å². The molecule has 25 heavy (non-hydrogen) atoms. The van der Waals surface area contributed by atoms with Crippen LogP contribution in [0.2, 0.25) is 0 Å². The van der Waals surface area contributed by atoms with Crippen LogP contribution in [0.5, 0.6) is 0 Å². The lowest BCUT2D eigenvalue weighted by atomic mass is 9.88. The van der Waals surface area contributed by atoms with Gasteiger partial charge in [-0.25, -0.2) is 0 Å². The van der Waals surface area contributed by atoms with E-state index in [1.165, 1.54) is 0 Å². The zero-order valence-electron chi connectivity index (χ0n) is 14.7. The standard InChI is InChI=1S/C21H23NO3/c1-3-13-22-18-8-6-5-7-17(18)21(25,20(22)24)14-19(23)16-11-9-15(4-2)10-12-16/h5-12,25H,3-4,13-14H2,1-2H3/t21-/m0/s1. The number of hydrogen-bond acceptors (Lipinski definition) is 3. The van der Waals surface area contributed by atoms with E-state index < -0.39 is 11.5 Å². The highest BCUT2D eigenvalue weighted by Crippen LogP contribution is 2.42. The topological polar surface area (TPSA) is 57.6 Å². The van der Waals surface area contributed by atoms with Gasteiger partial charge in [0.25, 0.3) is 5.91 Å². The molecule has 0 fully saturated rings. The molecule has 0 aromatic heterocycles. The number of para-hydroxylation sites is 1. The fourth-order valence-corrected chi connectivity index (χ4v) is 3.38. The van der Waals surface area contributed by atoms with Gasteiger partial charge >= 0.3 is 0 Å². The van der Waals surface area contributed by atoms with Crippen LogP contribution in [-0.4, -0.2) is 23.3 Å². The van der Waals surface area contributed by atoms with Crippen molar-refractivity contribution >= 4 is 17.4 Å². The maximum atomic E-state index is 12.9. The molecule has 1 atom stereocenters. The maximum Gasteiger partial charge on any atom is 0.264 e. The van der Waals surface area contributed by atoms with Crippen LogP contribution in [0.15, 0.2) is 48.5 Å². The molecule has 1 N–H and O–H groups in total.